The Morgan fingerprint density at radius 1 is 0.941 bits per heavy atom. The molecule has 0 spiro atoms. The van der Waals surface area contributed by atoms with E-state index in [0.29, 0.717) is 5.15 Å². The van der Waals surface area contributed by atoms with Gasteiger partial charge in [-0.25, -0.2) is 4.98 Å². The van der Waals surface area contributed by atoms with Crippen LogP contribution in [0.15, 0.2) is 36.7 Å². The molecule has 17 heavy (non-hydrogen) atoms. The molecule has 0 aromatic carbocycles. The fourth-order valence-electron chi connectivity index (χ4n) is 1.54. The summed E-state index contributed by atoms with van der Waals surface area (Å²) in [7, 11) is 0. The highest BCUT2D eigenvalue weighted by Gasteiger charge is 2.13. The molecule has 88 valence electrons. The van der Waals surface area contributed by atoms with Crippen LogP contribution < -0.4 is 0 Å². The topological polar surface area (TPSA) is 25.8 Å². The Morgan fingerprint density at radius 3 is 2.18 bits per heavy atom. The largest absolute Gasteiger partial charge is 0.256 e. The fourth-order valence-corrected chi connectivity index (χ4v) is 1.65. The first-order chi connectivity index (χ1) is 7.97. The lowest BCUT2D eigenvalue weighted by Crippen LogP contribution is -2.11. The third-order valence-corrected chi connectivity index (χ3v) is 2.88. The maximum absolute atomic E-state index is 5.75. The summed E-state index contributed by atoms with van der Waals surface area (Å²) in [4.78, 5) is 8.51. The molecule has 2 nitrogen and oxygen atoms in total. The molecule has 0 saturated carbocycles. The molecule has 0 saturated heterocycles. The van der Waals surface area contributed by atoms with Gasteiger partial charge in [0, 0.05) is 18.0 Å². The van der Waals surface area contributed by atoms with Gasteiger partial charge >= 0.3 is 0 Å². The lowest BCUT2D eigenvalue weighted by atomic mass is 9.88. The third kappa shape index (κ3) is 2.83. The van der Waals surface area contributed by atoms with Crippen molar-refractivity contribution < 1.29 is 0 Å². The number of hydrogen-bond donors (Lipinski definition) is 0. The van der Waals surface area contributed by atoms with Crippen LogP contribution in [-0.4, -0.2) is 9.97 Å². The van der Waals surface area contributed by atoms with E-state index in [0.717, 1.165) is 11.3 Å². The zero-order chi connectivity index (χ0) is 12.5. The fraction of sp³-hybridized carbons (Fsp3) is 0.286. The van der Waals surface area contributed by atoms with Gasteiger partial charge < -0.3 is 0 Å². The molecule has 0 unspecified atom stereocenters. The van der Waals surface area contributed by atoms with Crippen LogP contribution in [0.5, 0.6) is 0 Å². The molecule has 0 radical (unpaired) electrons. The standard InChI is InChI=1S/C14H15ClN2/c1-14(2,3)11-5-6-12(16-9-11)10-4-7-13(15)17-8-10/h4-9H,1-3H3. The molecule has 0 aliphatic heterocycles. The van der Waals surface area contributed by atoms with Gasteiger partial charge in [0.25, 0.3) is 0 Å². The molecule has 0 N–H and O–H groups in total. The van der Waals surface area contributed by atoms with Gasteiger partial charge in [0.2, 0.25) is 0 Å². The van der Waals surface area contributed by atoms with E-state index in [2.05, 4.69) is 36.8 Å². The second-order valence-corrected chi connectivity index (χ2v) is 5.44. The van der Waals surface area contributed by atoms with Crippen LogP contribution in [0.25, 0.3) is 11.3 Å². The molecule has 0 bridgehead atoms. The van der Waals surface area contributed by atoms with Crippen LogP contribution in [0.2, 0.25) is 5.15 Å². The van der Waals surface area contributed by atoms with Crippen molar-refractivity contribution in [1.29, 1.82) is 0 Å². The monoisotopic (exact) mass is 246 g/mol. The van der Waals surface area contributed by atoms with Crippen LogP contribution in [-0.2, 0) is 5.41 Å². The van der Waals surface area contributed by atoms with Gasteiger partial charge in [-0.05, 0) is 29.2 Å². The number of nitrogens with zero attached hydrogens (tertiary/aromatic N) is 2. The van der Waals surface area contributed by atoms with Gasteiger partial charge in [0.15, 0.2) is 0 Å². The zero-order valence-electron chi connectivity index (χ0n) is 10.2. The number of aromatic nitrogens is 2. The predicted molar refractivity (Wildman–Crippen MR) is 71.2 cm³/mol. The Balaban J connectivity index is 2.33. The second kappa shape index (κ2) is 4.46. The van der Waals surface area contributed by atoms with Crippen molar-refractivity contribution in [1.82, 2.24) is 9.97 Å². The number of halogens is 1. The molecule has 2 aromatic heterocycles. The van der Waals surface area contributed by atoms with E-state index in [1.54, 1.807) is 12.3 Å². The molecular weight excluding hydrogens is 232 g/mol. The third-order valence-electron chi connectivity index (χ3n) is 2.65. The van der Waals surface area contributed by atoms with E-state index >= 15 is 0 Å². The van der Waals surface area contributed by atoms with Gasteiger partial charge in [-0.1, -0.05) is 38.4 Å². The van der Waals surface area contributed by atoms with Crippen LogP contribution in [0, 0.1) is 0 Å². The van der Waals surface area contributed by atoms with E-state index < -0.39 is 0 Å². The van der Waals surface area contributed by atoms with Gasteiger partial charge in [0.05, 0.1) is 5.69 Å². The van der Waals surface area contributed by atoms with Crippen LogP contribution >= 0.6 is 11.6 Å². The molecule has 0 aliphatic rings. The van der Waals surface area contributed by atoms with Crippen molar-refractivity contribution in [2.45, 2.75) is 26.2 Å². The summed E-state index contributed by atoms with van der Waals surface area (Å²) in [5.74, 6) is 0. The first-order valence-electron chi connectivity index (χ1n) is 5.55. The number of rotatable bonds is 1. The molecular formula is C14H15ClN2. The smallest absolute Gasteiger partial charge is 0.129 e. The van der Waals surface area contributed by atoms with Crippen molar-refractivity contribution in [3.8, 4) is 11.3 Å². The maximum Gasteiger partial charge on any atom is 0.129 e. The molecule has 2 heterocycles. The summed E-state index contributed by atoms with van der Waals surface area (Å²) >= 11 is 5.75. The average molecular weight is 247 g/mol. The molecule has 0 amide bonds. The minimum atomic E-state index is 0.129. The molecule has 2 rings (SSSR count). The minimum Gasteiger partial charge on any atom is -0.256 e. The summed E-state index contributed by atoms with van der Waals surface area (Å²) in [5.41, 5.74) is 3.25. The summed E-state index contributed by atoms with van der Waals surface area (Å²) in [6, 6.07) is 7.83. The van der Waals surface area contributed by atoms with Gasteiger partial charge in [-0.2, -0.15) is 0 Å². The zero-order valence-corrected chi connectivity index (χ0v) is 11.0. The van der Waals surface area contributed by atoms with Crippen molar-refractivity contribution in [3.05, 3.63) is 47.4 Å². The molecule has 0 fully saturated rings. The Labute approximate surface area is 107 Å². The van der Waals surface area contributed by atoms with Crippen molar-refractivity contribution in [3.63, 3.8) is 0 Å². The van der Waals surface area contributed by atoms with Crippen molar-refractivity contribution >= 4 is 11.6 Å². The Kier molecular flexibility index (Phi) is 3.16. The molecule has 0 atom stereocenters. The molecule has 3 heteroatoms. The highest BCUT2D eigenvalue weighted by atomic mass is 35.5. The van der Waals surface area contributed by atoms with E-state index in [1.807, 2.05) is 18.3 Å². The first-order valence-corrected chi connectivity index (χ1v) is 5.93. The second-order valence-electron chi connectivity index (χ2n) is 5.05. The minimum absolute atomic E-state index is 0.129. The van der Waals surface area contributed by atoms with Crippen LogP contribution in [0.1, 0.15) is 26.3 Å². The lowest BCUT2D eigenvalue weighted by Gasteiger charge is -2.18. The lowest BCUT2D eigenvalue weighted by molar-refractivity contribution is 0.587. The van der Waals surface area contributed by atoms with E-state index in [9.17, 15) is 0 Å². The quantitative estimate of drug-likeness (QED) is 0.708. The Morgan fingerprint density at radius 2 is 1.71 bits per heavy atom. The van der Waals surface area contributed by atoms with Gasteiger partial charge in [-0.3, -0.25) is 4.98 Å². The number of pyridine rings is 2. The predicted octanol–water partition coefficient (Wildman–Crippen LogP) is 4.09. The summed E-state index contributed by atoms with van der Waals surface area (Å²) < 4.78 is 0. The summed E-state index contributed by atoms with van der Waals surface area (Å²) in [6.07, 6.45) is 3.66. The van der Waals surface area contributed by atoms with Crippen molar-refractivity contribution in [2.75, 3.05) is 0 Å². The Hall–Kier alpha value is -1.41. The SMILES string of the molecule is CC(C)(C)c1ccc(-c2ccc(Cl)nc2)nc1. The molecule has 2 aromatic rings. The Bertz CT molecular complexity index is 495. The highest BCUT2D eigenvalue weighted by molar-refractivity contribution is 6.29. The van der Waals surface area contributed by atoms with Gasteiger partial charge in [0.1, 0.15) is 5.15 Å². The van der Waals surface area contributed by atoms with Gasteiger partial charge in [-0.15, -0.1) is 0 Å². The van der Waals surface area contributed by atoms with Crippen molar-refractivity contribution in [2.24, 2.45) is 0 Å². The summed E-state index contributed by atoms with van der Waals surface area (Å²) in [5, 5.41) is 0.500. The molecule has 0 aliphatic carbocycles. The summed E-state index contributed by atoms with van der Waals surface area (Å²) in [6.45, 7) is 6.52. The van der Waals surface area contributed by atoms with Crippen LogP contribution in [0.4, 0.5) is 0 Å². The van der Waals surface area contributed by atoms with E-state index in [-0.39, 0.29) is 5.41 Å². The van der Waals surface area contributed by atoms with E-state index in [1.165, 1.54) is 5.56 Å². The number of hydrogen-bond acceptors (Lipinski definition) is 2. The van der Waals surface area contributed by atoms with Crippen LogP contribution in [0.3, 0.4) is 0 Å². The first kappa shape index (κ1) is 12.1. The maximum atomic E-state index is 5.75. The highest BCUT2D eigenvalue weighted by Crippen LogP contribution is 2.24. The average Bonchev–Trinajstić information content (AvgIpc) is 2.29. The normalized spacial score (nSPS) is 11.5. The van der Waals surface area contributed by atoms with E-state index in [4.69, 9.17) is 11.6 Å².